The van der Waals surface area contributed by atoms with Crippen molar-refractivity contribution in [1.29, 1.82) is 0 Å². The molecule has 5 aromatic rings. The van der Waals surface area contributed by atoms with Crippen LogP contribution in [0.4, 0.5) is 13.2 Å². The molecule has 0 atom stereocenters. The molecule has 0 unspecified atom stereocenters. The van der Waals surface area contributed by atoms with Crippen LogP contribution in [-0.4, -0.2) is 31.9 Å². The molecule has 0 spiro atoms. The first-order valence-electron chi connectivity index (χ1n) is 12.4. The highest BCUT2D eigenvalue weighted by Gasteiger charge is 2.31. The van der Waals surface area contributed by atoms with Gasteiger partial charge in [0, 0.05) is 16.6 Å². The first-order chi connectivity index (χ1) is 19.2. The van der Waals surface area contributed by atoms with Crippen LogP contribution in [-0.2, 0) is 0 Å². The van der Waals surface area contributed by atoms with Crippen molar-refractivity contribution in [2.24, 2.45) is 10.2 Å². The number of benzene rings is 3. The largest absolute Gasteiger partial charge is 0.573 e. The lowest BCUT2D eigenvalue weighted by molar-refractivity contribution is -0.274. The highest BCUT2D eigenvalue weighted by molar-refractivity contribution is 7.07. The summed E-state index contributed by atoms with van der Waals surface area (Å²) in [5.41, 5.74) is 5.63. The van der Waals surface area contributed by atoms with Crippen LogP contribution >= 0.6 is 11.3 Å². The molecule has 2 aromatic heterocycles. The molecule has 7 nitrogen and oxygen atoms in total. The fourth-order valence-corrected chi connectivity index (χ4v) is 4.94. The van der Waals surface area contributed by atoms with Gasteiger partial charge in [-0.15, -0.1) is 34.7 Å². The molecule has 2 heterocycles. The number of rotatable bonds is 7. The summed E-state index contributed by atoms with van der Waals surface area (Å²) in [5.74, 6) is 0.546. The van der Waals surface area contributed by atoms with E-state index in [1.807, 2.05) is 36.4 Å². The smallest absolute Gasteiger partial charge is 0.406 e. The van der Waals surface area contributed by atoms with Crippen molar-refractivity contribution < 1.29 is 17.9 Å². The van der Waals surface area contributed by atoms with Crippen molar-refractivity contribution in [2.75, 3.05) is 0 Å². The van der Waals surface area contributed by atoms with Gasteiger partial charge in [0.2, 0.25) is 4.80 Å². The third kappa shape index (κ3) is 6.20. The minimum atomic E-state index is -4.74. The summed E-state index contributed by atoms with van der Waals surface area (Å²) >= 11 is 1.54. The Bertz CT molecular complexity index is 1700. The average molecular weight is 563 g/mol. The van der Waals surface area contributed by atoms with E-state index in [2.05, 4.69) is 67.9 Å². The van der Waals surface area contributed by atoms with Gasteiger partial charge < -0.3 is 4.74 Å². The number of ether oxygens (including phenoxy) is 1. The molecule has 0 aliphatic rings. The van der Waals surface area contributed by atoms with Crippen molar-refractivity contribution in [3.63, 3.8) is 0 Å². The van der Waals surface area contributed by atoms with E-state index in [9.17, 15) is 13.2 Å². The minimum Gasteiger partial charge on any atom is -0.406 e. The van der Waals surface area contributed by atoms with E-state index >= 15 is 0 Å². The number of alkyl halides is 3. The van der Waals surface area contributed by atoms with Gasteiger partial charge in [-0.2, -0.15) is 5.10 Å². The summed E-state index contributed by atoms with van der Waals surface area (Å²) in [6.45, 7) is 6.41. The van der Waals surface area contributed by atoms with E-state index < -0.39 is 6.36 Å². The maximum Gasteiger partial charge on any atom is 0.573 e. The number of thiazole rings is 1. The molecule has 0 radical (unpaired) electrons. The van der Waals surface area contributed by atoms with Crippen molar-refractivity contribution >= 4 is 17.6 Å². The van der Waals surface area contributed by atoms with Crippen molar-refractivity contribution in [3.05, 3.63) is 106 Å². The standard InChI is InChI=1S/C29H25F3N6OS/c1-19(2)25-6-4-5-7-26(25)38-20(3)17-40-28(38)35-34-16-21-8-10-22(11-9-21)27-33-18-37(36-27)23-12-14-24(15-13-23)39-29(30,31)32/h4-19H,1-3H3/b34-16+,35-28-. The highest BCUT2D eigenvalue weighted by atomic mass is 32.1. The molecule has 5 rings (SSSR count). The fraction of sp³-hybridized carbons (Fsp3) is 0.172. The van der Waals surface area contributed by atoms with Crippen molar-refractivity contribution in [1.82, 2.24) is 19.3 Å². The monoisotopic (exact) mass is 562 g/mol. The van der Waals surface area contributed by atoms with Crippen LogP contribution in [0.3, 0.4) is 0 Å². The number of hydrogen-bond donors (Lipinski definition) is 0. The van der Waals surface area contributed by atoms with Crippen LogP contribution in [0.25, 0.3) is 22.8 Å². The van der Waals surface area contributed by atoms with Gasteiger partial charge in [0.05, 0.1) is 17.6 Å². The lowest BCUT2D eigenvalue weighted by Crippen LogP contribution is -2.17. The van der Waals surface area contributed by atoms with Gasteiger partial charge in [-0.25, -0.2) is 9.67 Å². The second-order valence-electron chi connectivity index (χ2n) is 9.23. The molecule has 40 heavy (non-hydrogen) atoms. The lowest BCUT2D eigenvalue weighted by atomic mass is 10.0. The Morgan fingerprint density at radius 3 is 2.40 bits per heavy atom. The molecule has 204 valence electrons. The summed E-state index contributed by atoms with van der Waals surface area (Å²) in [5, 5.41) is 15.3. The highest BCUT2D eigenvalue weighted by Crippen LogP contribution is 2.25. The SMILES string of the molecule is Cc1cs/c(=N\N=C\c2ccc(-c3ncn(-c4ccc(OC(F)(F)F)cc4)n3)cc2)n1-c1ccccc1C(C)C. The van der Waals surface area contributed by atoms with E-state index in [1.54, 1.807) is 6.21 Å². The maximum absolute atomic E-state index is 12.4. The molecule has 11 heteroatoms. The van der Waals surface area contributed by atoms with Crippen LogP contribution in [0.2, 0.25) is 0 Å². The minimum absolute atomic E-state index is 0.301. The summed E-state index contributed by atoms with van der Waals surface area (Å²) in [6, 6.07) is 21.2. The third-order valence-electron chi connectivity index (χ3n) is 6.02. The number of aromatic nitrogens is 4. The quantitative estimate of drug-likeness (QED) is 0.158. The van der Waals surface area contributed by atoms with E-state index in [-0.39, 0.29) is 5.75 Å². The number of nitrogens with zero attached hydrogens (tertiary/aromatic N) is 6. The Labute approximate surface area is 232 Å². The lowest BCUT2D eigenvalue weighted by Gasteiger charge is -2.14. The van der Waals surface area contributed by atoms with Gasteiger partial charge in [-0.05, 0) is 54.3 Å². The second kappa shape index (κ2) is 11.3. The topological polar surface area (TPSA) is 69.6 Å². The van der Waals surface area contributed by atoms with Crippen molar-refractivity contribution in [3.8, 4) is 28.5 Å². The summed E-state index contributed by atoms with van der Waals surface area (Å²) in [4.78, 5) is 5.11. The molecule has 0 fully saturated rings. The number of hydrogen-bond acceptors (Lipinski definition) is 6. The van der Waals surface area contributed by atoms with E-state index in [4.69, 9.17) is 0 Å². The Morgan fingerprint density at radius 1 is 0.975 bits per heavy atom. The Hall–Kier alpha value is -4.51. The van der Waals surface area contributed by atoms with E-state index in [0.29, 0.717) is 17.4 Å². The molecule has 0 saturated carbocycles. The molecule has 0 aliphatic heterocycles. The van der Waals surface area contributed by atoms with E-state index in [0.717, 1.165) is 27.3 Å². The molecular weight excluding hydrogens is 537 g/mol. The van der Waals surface area contributed by atoms with Gasteiger partial charge in [0.15, 0.2) is 5.82 Å². The normalized spacial score (nSPS) is 12.5. The van der Waals surface area contributed by atoms with Crippen molar-refractivity contribution in [2.45, 2.75) is 33.1 Å². The number of halogens is 3. The predicted octanol–water partition coefficient (Wildman–Crippen LogP) is 7.05. The molecule has 3 aromatic carbocycles. The van der Waals surface area contributed by atoms with Crippen LogP contribution in [0.1, 0.15) is 36.6 Å². The van der Waals surface area contributed by atoms with Gasteiger partial charge in [-0.1, -0.05) is 56.3 Å². The summed E-state index contributed by atoms with van der Waals surface area (Å²) in [7, 11) is 0. The Balaban J connectivity index is 1.31. The number of aryl methyl sites for hydroxylation is 1. The molecular formula is C29H25F3N6OS. The predicted molar refractivity (Wildman–Crippen MR) is 149 cm³/mol. The first-order valence-corrected chi connectivity index (χ1v) is 13.3. The molecule has 0 saturated heterocycles. The molecule has 0 aliphatic carbocycles. The fourth-order valence-electron chi connectivity index (χ4n) is 4.12. The van der Waals surface area contributed by atoms with Crippen LogP contribution < -0.4 is 9.54 Å². The Kier molecular flexibility index (Phi) is 7.65. The molecule has 0 bridgehead atoms. The van der Waals surface area contributed by atoms with Gasteiger partial charge >= 0.3 is 6.36 Å². The average Bonchev–Trinajstić information content (AvgIpc) is 3.56. The zero-order valence-corrected chi connectivity index (χ0v) is 22.7. The third-order valence-corrected chi connectivity index (χ3v) is 6.96. The zero-order chi connectivity index (χ0) is 28.3. The Morgan fingerprint density at radius 2 is 1.70 bits per heavy atom. The van der Waals surface area contributed by atoms with Gasteiger partial charge in [0.1, 0.15) is 12.1 Å². The number of para-hydroxylation sites is 1. The van der Waals surface area contributed by atoms with E-state index in [1.165, 1.54) is 52.2 Å². The molecule has 0 N–H and O–H groups in total. The zero-order valence-electron chi connectivity index (χ0n) is 21.9. The van der Waals surface area contributed by atoms with Gasteiger partial charge in [-0.3, -0.25) is 4.57 Å². The van der Waals surface area contributed by atoms with Gasteiger partial charge in [0.25, 0.3) is 0 Å². The van der Waals surface area contributed by atoms with Crippen LogP contribution in [0.5, 0.6) is 5.75 Å². The van der Waals surface area contributed by atoms with Crippen LogP contribution in [0.15, 0.2) is 94.7 Å². The second-order valence-corrected chi connectivity index (χ2v) is 10.1. The van der Waals surface area contributed by atoms with Crippen LogP contribution in [0, 0.1) is 6.92 Å². The summed E-state index contributed by atoms with van der Waals surface area (Å²) in [6.07, 6.45) is -1.55. The molecule has 0 amide bonds. The first kappa shape index (κ1) is 27.1. The summed E-state index contributed by atoms with van der Waals surface area (Å²) < 4.78 is 44.7. The maximum atomic E-state index is 12.4.